The first kappa shape index (κ1) is 15.9. The van der Waals surface area contributed by atoms with Gasteiger partial charge in [0.05, 0.1) is 12.7 Å². The number of nitrogens with zero attached hydrogens (tertiary/aromatic N) is 3. The van der Waals surface area contributed by atoms with E-state index in [4.69, 9.17) is 9.26 Å². The number of carbonyl (C=O) groups excluding carboxylic acids is 1. The Balaban J connectivity index is 1.76. The lowest BCUT2D eigenvalue weighted by atomic mass is 9.96. The van der Waals surface area contributed by atoms with Crippen molar-refractivity contribution in [1.29, 1.82) is 0 Å². The van der Waals surface area contributed by atoms with Crippen molar-refractivity contribution in [3.63, 3.8) is 0 Å². The minimum absolute atomic E-state index is 0.110. The van der Waals surface area contributed by atoms with Crippen molar-refractivity contribution in [2.24, 2.45) is 0 Å². The fourth-order valence-electron chi connectivity index (χ4n) is 2.25. The quantitative estimate of drug-likeness (QED) is 0.849. The van der Waals surface area contributed by atoms with Gasteiger partial charge >= 0.3 is 0 Å². The molecule has 1 aromatic heterocycles. The van der Waals surface area contributed by atoms with Crippen LogP contribution in [-0.2, 0) is 21.4 Å². The molecule has 0 unspecified atom stereocenters. The molecule has 21 heavy (non-hydrogen) atoms. The number of aryl methyl sites for hydroxylation is 1. The van der Waals surface area contributed by atoms with Crippen LogP contribution in [0.1, 0.15) is 52.3 Å². The van der Waals surface area contributed by atoms with Crippen molar-refractivity contribution in [3.8, 4) is 0 Å². The van der Waals surface area contributed by atoms with Crippen LogP contribution < -0.4 is 0 Å². The maximum absolute atomic E-state index is 12.1. The molecule has 0 bridgehead atoms. The first-order valence-corrected chi connectivity index (χ1v) is 7.58. The number of hydrogen-bond donors (Lipinski definition) is 0. The zero-order valence-electron chi connectivity index (χ0n) is 13.4. The number of morpholine rings is 1. The maximum Gasteiger partial charge on any atom is 0.226 e. The van der Waals surface area contributed by atoms with E-state index in [1.165, 1.54) is 0 Å². The predicted molar refractivity (Wildman–Crippen MR) is 77.9 cm³/mol. The van der Waals surface area contributed by atoms with Crippen LogP contribution in [0.3, 0.4) is 0 Å². The van der Waals surface area contributed by atoms with Gasteiger partial charge in [0.15, 0.2) is 5.82 Å². The first-order chi connectivity index (χ1) is 9.86. The van der Waals surface area contributed by atoms with E-state index in [-0.39, 0.29) is 17.4 Å². The summed E-state index contributed by atoms with van der Waals surface area (Å²) in [5.41, 5.74) is -0.110. The highest BCUT2D eigenvalue weighted by molar-refractivity contribution is 5.76. The molecule has 1 atom stereocenters. The van der Waals surface area contributed by atoms with Crippen LogP contribution in [0.4, 0.5) is 0 Å². The summed E-state index contributed by atoms with van der Waals surface area (Å²) < 4.78 is 10.7. The molecule has 118 valence electrons. The molecule has 0 radical (unpaired) electrons. The molecule has 6 heteroatoms. The summed E-state index contributed by atoms with van der Waals surface area (Å²) in [7, 11) is 0. The topological polar surface area (TPSA) is 68.5 Å². The average Bonchev–Trinajstić information content (AvgIpc) is 2.87. The second kappa shape index (κ2) is 6.56. The van der Waals surface area contributed by atoms with E-state index in [9.17, 15) is 4.79 Å². The molecule has 0 saturated carbocycles. The molecule has 1 aliphatic heterocycles. The van der Waals surface area contributed by atoms with E-state index in [2.05, 4.69) is 10.1 Å². The molecule has 6 nitrogen and oxygen atoms in total. The fourth-order valence-corrected chi connectivity index (χ4v) is 2.25. The number of amides is 1. The monoisotopic (exact) mass is 295 g/mol. The summed E-state index contributed by atoms with van der Waals surface area (Å²) in [4.78, 5) is 18.4. The Kier molecular flexibility index (Phi) is 4.98. The molecule has 0 spiro atoms. The number of hydrogen-bond acceptors (Lipinski definition) is 5. The standard InChI is InChI=1S/C15H25N3O3/c1-11-10-18(8-9-20-11)13(19)7-5-6-12-16-14(17-21-12)15(2,3)4/h11H,5-10H2,1-4H3/t11-/m1/s1. The summed E-state index contributed by atoms with van der Waals surface area (Å²) >= 11 is 0. The summed E-state index contributed by atoms with van der Waals surface area (Å²) in [6, 6.07) is 0. The zero-order valence-corrected chi connectivity index (χ0v) is 13.4. The summed E-state index contributed by atoms with van der Waals surface area (Å²) in [5.74, 6) is 1.51. The molecular formula is C15H25N3O3. The van der Waals surface area contributed by atoms with Crippen molar-refractivity contribution in [2.45, 2.75) is 58.5 Å². The Morgan fingerprint density at radius 3 is 2.81 bits per heavy atom. The van der Waals surface area contributed by atoms with Gasteiger partial charge in [-0.1, -0.05) is 25.9 Å². The highest BCUT2D eigenvalue weighted by Crippen LogP contribution is 2.19. The summed E-state index contributed by atoms with van der Waals surface area (Å²) in [6.45, 7) is 10.1. The normalized spacial score (nSPS) is 19.8. The molecule has 1 aliphatic rings. The van der Waals surface area contributed by atoms with Gasteiger partial charge in [-0.25, -0.2) is 0 Å². The van der Waals surface area contributed by atoms with E-state index < -0.39 is 0 Å². The highest BCUT2D eigenvalue weighted by atomic mass is 16.5. The van der Waals surface area contributed by atoms with Crippen LogP contribution in [0.2, 0.25) is 0 Å². The molecule has 1 fully saturated rings. The first-order valence-electron chi connectivity index (χ1n) is 7.58. The third kappa shape index (κ3) is 4.52. The average molecular weight is 295 g/mol. The van der Waals surface area contributed by atoms with Gasteiger partial charge in [0, 0.05) is 31.3 Å². The molecule has 1 saturated heterocycles. The van der Waals surface area contributed by atoms with E-state index >= 15 is 0 Å². The predicted octanol–water partition coefficient (Wildman–Crippen LogP) is 1.94. The smallest absolute Gasteiger partial charge is 0.226 e. The lowest BCUT2D eigenvalue weighted by Crippen LogP contribution is -2.44. The molecule has 0 aliphatic carbocycles. The lowest BCUT2D eigenvalue weighted by Gasteiger charge is -2.31. The second-order valence-corrected chi connectivity index (χ2v) is 6.64. The van der Waals surface area contributed by atoms with Crippen molar-refractivity contribution in [1.82, 2.24) is 15.0 Å². The van der Waals surface area contributed by atoms with Crippen molar-refractivity contribution < 1.29 is 14.1 Å². The Bertz CT molecular complexity index is 479. The maximum atomic E-state index is 12.1. The Labute approximate surface area is 125 Å². The molecule has 0 N–H and O–H groups in total. The molecule has 0 aromatic carbocycles. The van der Waals surface area contributed by atoms with Gasteiger partial charge in [0.2, 0.25) is 11.8 Å². The van der Waals surface area contributed by atoms with Crippen LogP contribution in [-0.4, -0.2) is 46.7 Å². The number of carbonyl (C=O) groups is 1. The van der Waals surface area contributed by atoms with Crippen molar-refractivity contribution in [3.05, 3.63) is 11.7 Å². The Morgan fingerprint density at radius 1 is 1.43 bits per heavy atom. The highest BCUT2D eigenvalue weighted by Gasteiger charge is 2.22. The van der Waals surface area contributed by atoms with Gasteiger partial charge in [-0.2, -0.15) is 4.98 Å². The number of rotatable bonds is 4. The summed E-state index contributed by atoms with van der Waals surface area (Å²) in [6.07, 6.45) is 2.03. The van der Waals surface area contributed by atoms with Gasteiger partial charge in [-0.05, 0) is 13.3 Å². The summed E-state index contributed by atoms with van der Waals surface area (Å²) in [5, 5.41) is 3.99. The largest absolute Gasteiger partial charge is 0.375 e. The molecule has 2 heterocycles. The van der Waals surface area contributed by atoms with Gasteiger partial charge in [0.1, 0.15) is 0 Å². The molecule has 2 rings (SSSR count). The van der Waals surface area contributed by atoms with Crippen molar-refractivity contribution >= 4 is 5.91 Å². The SMILES string of the molecule is C[C@@H]1CN(C(=O)CCCc2nc(C(C)(C)C)no2)CCO1. The third-order valence-electron chi connectivity index (χ3n) is 3.51. The second-order valence-electron chi connectivity index (χ2n) is 6.64. The van der Waals surface area contributed by atoms with Gasteiger partial charge in [-0.15, -0.1) is 0 Å². The van der Waals surface area contributed by atoms with Gasteiger partial charge in [-0.3, -0.25) is 4.79 Å². The third-order valence-corrected chi connectivity index (χ3v) is 3.51. The lowest BCUT2D eigenvalue weighted by molar-refractivity contribution is -0.138. The Morgan fingerprint density at radius 2 is 2.19 bits per heavy atom. The van der Waals surface area contributed by atoms with Gasteiger partial charge < -0.3 is 14.2 Å². The van der Waals surface area contributed by atoms with Crippen molar-refractivity contribution in [2.75, 3.05) is 19.7 Å². The van der Waals surface area contributed by atoms with Crippen LogP contribution >= 0.6 is 0 Å². The van der Waals surface area contributed by atoms with Gasteiger partial charge in [0.25, 0.3) is 0 Å². The molecule has 1 amide bonds. The van der Waals surface area contributed by atoms with Crippen LogP contribution in [0.25, 0.3) is 0 Å². The number of ether oxygens (including phenoxy) is 1. The zero-order chi connectivity index (χ0) is 15.5. The molecule has 1 aromatic rings. The fraction of sp³-hybridized carbons (Fsp3) is 0.800. The van der Waals surface area contributed by atoms with E-state index in [1.54, 1.807) is 0 Å². The minimum Gasteiger partial charge on any atom is -0.375 e. The minimum atomic E-state index is -0.110. The van der Waals surface area contributed by atoms with Crippen LogP contribution in [0, 0.1) is 0 Å². The van der Waals surface area contributed by atoms with Crippen LogP contribution in [0.5, 0.6) is 0 Å². The van der Waals surface area contributed by atoms with E-state index in [0.29, 0.717) is 44.3 Å². The van der Waals surface area contributed by atoms with Crippen LogP contribution in [0.15, 0.2) is 4.52 Å². The Hall–Kier alpha value is -1.43. The number of aromatic nitrogens is 2. The van der Waals surface area contributed by atoms with E-state index in [0.717, 1.165) is 6.42 Å². The molecular weight excluding hydrogens is 270 g/mol. The van der Waals surface area contributed by atoms with E-state index in [1.807, 2.05) is 32.6 Å².